The molecule has 0 saturated carbocycles. The topological polar surface area (TPSA) is 21.3 Å². The molecule has 0 bridgehead atoms. The minimum absolute atomic E-state index is 0.141. The Labute approximate surface area is 112 Å². The number of hydrogen-bond donors (Lipinski definition) is 1. The summed E-state index contributed by atoms with van der Waals surface area (Å²) in [5.74, 6) is 0.0491. The van der Waals surface area contributed by atoms with Crippen LogP contribution in [-0.2, 0) is 4.74 Å². The van der Waals surface area contributed by atoms with E-state index in [-0.39, 0.29) is 16.9 Å². The van der Waals surface area contributed by atoms with Gasteiger partial charge in [-0.25, -0.2) is 4.39 Å². The summed E-state index contributed by atoms with van der Waals surface area (Å²) in [6.45, 7) is 4.49. The van der Waals surface area contributed by atoms with Crippen molar-refractivity contribution in [3.8, 4) is 0 Å². The summed E-state index contributed by atoms with van der Waals surface area (Å²) in [6, 6.07) is 5.19. The highest BCUT2D eigenvalue weighted by Crippen LogP contribution is 2.30. The van der Waals surface area contributed by atoms with Crippen LogP contribution in [0.1, 0.15) is 31.4 Å². The van der Waals surface area contributed by atoms with E-state index < -0.39 is 0 Å². The zero-order valence-corrected chi connectivity index (χ0v) is 11.3. The molecule has 1 heterocycles. The van der Waals surface area contributed by atoms with Crippen molar-refractivity contribution in [2.24, 2.45) is 5.92 Å². The molecule has 100 valence electrons. The first kappa shape index (κ1) is 13.8. The minimum Gasteiger partial charge on any atom is -0.381 e. The molecular formula is C14H19ClFNO. The number of benzene rings is 1. The predicted molar refractivity (Wildman–Crippen MR) is 71.4 cm³/mol. The number of rotatable bonds is 4. The van der Waals surface area contributed by atoms with Crippen LogP contribution >= 0.6 is 11.6 Å². The lowest BCUT2D eigenvalue weighted by atomic mass is 9.88. The van der Waals surface area contributed by atoms with Crippen molar-refractivity contribution in [1.82, 2.24) is 5.32 Å². The summed E-state index contributed by atoms with van der Waals surface area (Å²) in [7, 11) is 0. The highest BCUT2D eigenvalue weighted by molar-refractivity contribution is 6.30. The molecular weight excluding hydrogens is 253 g/mol. The van der Waals surface area contributed by atoms with Crippen LogP contribution < -0.4 is 5.32 Å². The normalized spacial score (nSPS) is 21.8. The summed E-state index contributed by atoms with van der Waals surface area (Å²) in [5.41, 5.74) is 0.953. The van der Waals surface area contributed by atoms with Crippen molar-refractivity contribution in [2.45, 2.75) is 25.8 Å². The van der Waals surface area contributed by atoms with Gasteiger partial charge in [0.15, 0.2) is 0 Å². The van der Waals surface area contributed by atoms with Crippen molar-refractivity contribution >= 4 is 11.6 Å². The van der Waals surface area contributed by atoms with Crippen LogP contribution in [0.4, 0.5) is 4.39 Å². The lowest BCUT2D eigenvalue weighted by Gasteiger charge is -2.31. The molecule has 1 aliphatic rings. The van der Waals surface area contributed by atoms with Gasteiger partial charge in [-0.1, -0.05) is 24.6 Å². The molecule has 1 aliphatic heterocycles. The van der Waals surface area contributed by atoms with Crippen LogP contribution in [0.2, 0.25) is 5.02 Å². The summed E-state index contributed by atoms with van der Waals surface area (Å²) in [6.07, 6.45) is 2.19. The van der Waals surface area contributed by atoms with Gasteiger partial charge in [-0.05, 0) is 37.1 Å². The molecule has 1 aromatic carbocycles. The Morgan fingerprint density at radius 1 is 1.56 bits per heavy atom. The monoisotopic (exact) mass is 271 g/mol. The first-order valence-corrected chi connectivity index (χ1v) is 6.86. The van der Waals surface area contributed by atoms with Crippen LogP contribution in [-0.4, -0.2) is 19.8 Å². The smallest absolute Gasteiger partial charge is 0.142 e. The summed E-state index contributed by atoms with van der Waals surface area (Å²) < 4.78 is 19.1. The molecule has 2 unspecified atom stereocenters. The van der Waals surface area contributed by atoms with E-state index in [9.17, 15) is 4.39 Å². The minimum atomic E-state index is -0.353. The largest absolute Gasteiger partial charge is 0.381 e. The zero-order chi connectivity index (χ0) is 13.0. The first-order valence-electron chi connectivity index (χ1n) is 6.48. The SMILES string of the molecule is CCNC(c1ccc(Cl)c(F)c1)C1CCCOC1. The highest BCUT2D eigenvalue weighted by Gasteiger charge is 2.25. The highest BCUT2D eigenvalue weighted by atomic mass is 35.5. The molecule has 2 nitrogen and oxygen atoms in total. The lowest BCUT2D eigenvalue weighted by Crippen LogP contribution is -2.33. The fourth-order valence-electron chi connectivity index (χ4n) is 2.51. The Hall–Kier alpha value is -0.640. The van der Waals surface area contributed by atoms with Gasteiger partial charge in [0, 0.05) is 18.6 Å². The van der Waals surface area contributed by atoms with Crippen molar-refractivity contribution in [1.29, 1.82) is 0 Å². The van der Waals surface area contributed by atoms with Crippen LogP contribution in [0.15, 0.2) is 18.2 Å². The number of ether oxygens (including phenoxy) is 1. The standard InChI is InChI=1S/C14H19ClFNO/c1-2-17-14(11-4-3-7-18-9-11)10-5-6-12(15)13(16)8-10/h5-6,8,11,14,17H,2-4,7,9H2,1H3. The molecule has 0 radical (unpaired) electrons. The fourth-order valence-corrected chi connectivity index (χ4v) is 2.63. The van der Waals surface area contributed by atoms with Gasteiger partial charge in [0.25, 0.3) is 0 Å². The van der Waals surface area contributed by atoms with E-state index in [1.165, 1.54) is 6.07 Å². The van der Waals surface area contributed by atoms with Gasteiger partial charge in [0.05, 0.1) is 11.6 Å². The van der Waals surface area contributed by atoms with E-state index in [4.69, 9.17) is 16.3 Å². The van der Waals surface area contributed by atoms with Crippen LogP contribution in [0.25, 0.3) is 0 Å². The Balaban J connectivity index is 2.19. The second kappa shape index (κ2) is 6.50. The maximum atomic E-state index is 13.6. The van der Waals surface area contributed by atoms with Crippen LogP contribution in [0.5, 0.6) is 0 Å². The summed E-state index contributed by atoms with van der Waals surface area (Å²) in [4.78, 5) is 0. The molecule has 2 rings (SSSR count). The van der Waals surface area contributed by atoms with E-state index >= 15 is 0 Å². The number of hydrogen-bond acceptors (Lipinski definition) is 2. The van der Waals surface area contributed by atoms with Gasteiger partial charge in [-0.15, -0.1) is 0 Å². The maximum absolute atomic E-state index is 13.6. The molecule has 4 heteroatoms. The van der Waals surface area contributed by atoms with Crippen molar-refractivity contribution < 1.29 is 9.13 Å². The molecule has 2 atom stereocenters. The molecule has 1 saturated heterocycles. The summed E-state index contributed by atoms with van der Waals surface area (Å²) >= 11 is 5.73. The second-order valence-corrected chi connectivity index (χ2v) is 5.09. The molecule has 0 spiro atoms. The average Bonchev–Trinajstić information content (AvgIpc) is 2.40. The lowest BCUT2D eigenvalue weighted by molar-refractivity contribution is 0.0392. The van der Waals surface area contributed by atoms with Gasteiger partial charge in [0.2, 0.25) is 0 Å². The van der Waals surface area contributed by atoms with E-state index in [2.05, 4.69) is 12.2 Å². The average molecular weight is 272 g/mol. The maximum Gasteiger partial charge on any atom is 0.142 e. The van der Waals surface area contributed by atoms with E-state index in [0.717, 1.165) is 38.2 Å². The molecule has 18 heavy (non-hydrogen) atoms. The fraction of sp³-hybridized carbons (Fsp3) is 0.571. The molecule has 1 N–H and O–H groups in total. The quantitative estimate of drug-likeness (QED) is 0.904. The second-order valence-electron chi connectivity index (χ2n) is 4.69. The van der Waals surface area contributed by atoms with Crippen LogP contribution in [0, 0.1) is 11.7 Å². The van der Waals surface area contributed by atoms with Gasteiger partial charge in [0.1, 0.15) is 5.82 Å². The van der Waals surface area contributed by atoms with Crippen molar-refractivity contribution in [3.63, 3.8) is 0 Å². The molecule has 1 aromatic rings. The first-order chi connectivity index (χ1) is 8.72. The van der Waals surface area contributed by atoms with E-state index in [0.29, 0.717) is 5.92 Å². The van der Waals surface area contributed by atoms with Crippen molar-refractivity contribution in [3.05, 3.63) is 34.6 Å². The van der Waals surface area contributed by atoms with E-state index in [1.807, 2.05) is 6.07 Å². The molecule has 1 fully saturated rings. The van der Waals surface area contributed by atoms with Gasteiger partial charge < -0.3 is 10.1 Å². The zero-order valence-electron chi connectivity index (χ0n) is 10.6. The van der Waals surface area contributed by atoms with Gasteiger partial charge in [-0.2, -0.15) is 0 Å². The summed E-state index contributed by atoms with van der Waals surface area (Å²) in [5, 5.41) is 3.60. The third-order valence-corrected chi connectivity index (χ3v) is 3.70. The number of nitrogens with one attached hydrogen (secondary N) is 1. The van der Waals surface area contributed by atoms with Crippen LogP contribution in [0.3, 0.4) is 0 Å². The molecule has 0 amide bonds. The number of halogens is 2. The Bertz CT molecular complexity index is 393. The third-order valence-electron chi connectivity index (χ3n) is 3.39. The Morgan fingerprint density at radius 2 is 2.39 bits per heavy atom. The van der Waals surface area contributed by atoms with Gasteiger partial charge >= 0.3 is 0 Å². The van der Waals surface area contributed by atoms with Gasteiger partial charge in [-0.3, -0.25) is 0 Å². The van der Waals surface area contributed by atoms with Crippen molar-refractivity contribution in [2.75, 3.05) is 19.8 Å². The molecule has 0 aliphatic carbocycles. The van der Waals surface area contributed by atoms with E-state index in [1.54, 1.807) is 6.07 Å². The third kappa shape index (κ3) is 3.22. The molecule has 0 aromatic heterocycles. The Morgan fingerprint density at radius 3 is 3.00 bits per heavy atom. The predicted octanol–water partition coefficient (Wildman–Crippen LogP) is 3.56. The Kier molecular flexibility index (Phi) is 4.98.